The fourth-order valence-corrected chi connectivity index (χ4v) is 2.91. The van der Waals surface area contributed by atoms with Gasteiger partial charge in [0.1, 0.15) is 0 Å². The molecule has 0 aliphatic carbocycles. The molecule has 2 aromatic rings. The molecule has 1 aliphatic rings. The zero-order valence-corrected chi connectivity index (χ0v) is 11.6. The molecule has 1 aliphatic heterocycles. The largest absolute Gasteiger partial charge is 0.381 e. The highest BCUT2D eigenvalue weighted by Gasteiger charge is 2.24. The third kappa shape index (κ3) is 2.51. The fraction of sp³-hybridized carbons (Fsp3) is 0.429. The summed E-state index contributed by atoms with van der Waals surface area (Å²) in [7, 11) is 0. The van der Waals surface area contributed by atoms with Gasteiger partial charge in [-0.05, 0) is 30.5 Å². The Balaban J connectivity index is 1.97. The fourth-order valence-electron chi connectivity index (χ4n) is 2.57. The predicted molar refractivity (Wildman–Crippen MR) is 77.3 cm³/mol. The lowest BCUT2D eigenvalue weighted by Crippen LogP contribution is -2.29. The number of H-pyrrole nitrogens is 2. The maximum Gasteiger partial charge on any atom is 0.314 e. The van der Waals surface area contributed by atoms with Crippen LogP contribution in [-0.2, 0) is 4.74 Å². The van der Waals surface area contributed by atoms with Crippen molar-refractivity contribution in [3.05, 3.63) is 44.5 Å². The van der Waals surface area contributed by atoms with Crippen LogP contribution in [0.5, 0.6) is 0 Å². The van der Waals surface area contributed by atoms with Crippen molar-refractivity contribution in [3.63, 3.8) is 0 Å². The van der Waals surface area contributed by atoms with E-state index < -0.39 is 11.1 Å². The minimum atomic E-state index is -0.651. The first-order valence-electron chi connectivity index (χ1n) is 6.63. The number of halogens is 1. The van der Waals surface area contributed by atoms with E-state index in [0.717, 1.165) is 25.0 Å². The van der Waals surface area contributed by atoms with E-state index in [9.17, 15) is 9.59 Å². The lowest BCUT2D eigenvalue weighted by molar-refractivity contribution is 0.0531. The average Bonchev–Trinajstić information content (AvgIpc) is 2.48. The summed E-state index contributed by atoms with van der Waals surface area (Å²) in [6.07, 6.45) is 2.06. The van der Waals surface area contributed by atoms with Crippen LogP contribution in [0.2, 0.25) is 0 Å². The van der Waals surface area contributed by atoms with E-state index in [4.69, 9.17) is 16.3 Å². The van der Waals surface area contributed by atoms with Crippen molar-refractivity contribution in [2.24, 2.45) is 5.92 Å². The van der Waals surface area contributed by atoms with Gasteiger partial charge in [0.05, 0.1) is 23.0 Å². The molecular weight excluding hydrogens is 280 g/mol. The molecule has 2 N–H and O–H groups in total. The number of hydrogen-bond donors (Lipinski definition) is 2. The Labute approximate surface area is 119 Å². The molecule has 0 amide bonds. The van der Waals surface area contributed by atoms with Crippen LogP contribution in [0.1, 0.15) is 23.8 Å². The second-order valence-corrected chi connectivity index (χ2v) is 5.56. The summed E-state index contributed by atoms with van der Waals surface area (Å²) < 4.78 is 5.46. The molecule has 3 rings (SSSR count). The Bertz CT molecular complexity index is 731. The van der Waals surface area contributed by atoms with Crippen LogP contribution in [0.3, 0.4) is 0 Å². The smallest absolute Gasteiger partial charge is 0.314 e. The number of aromatic amines is 2. The average molecular weight is 295 g/mol. The molecule has 20 heavy (non-hydrogen) atoms. The summed E-state index contributed by atoms with van der Waals surface area (Å²) in [6.45, 7) is 1.46. The van der Waals surface area contributed by atoms with E-state index in [0.29, 0.717) is 17.6 Å². The first-order chi connectivity index (χ1) is 9.65. The maximum atomic E-state index is 11.4. The van der Waals surface area contributed by atoms with Crippen molar-refractivity contribution in [1.29, 1.82) is 0 Å². The lowest BCUT2D eigenvalue weighted by Gasteiger charge is -2.26. The Morgan fingerprint density at radius 2 is 1.95 bits per heavy atom. The van der Waals surface area contributed by atoms with Gasteiger partial charge < -0.3 is 14.7 Å². The maximum absolute atomic E-state index is 11.4. The number of hydrogen-bond acceptors (Lipinski definition) is 3. The van der Waals surface area contributed by atoms with Crippen LogP contribution in [0, 0.1) is 5.92 Å². The van der Waals surface area contributed by atoms with E-state index in [-0.39, 0.29) is 11.3 Å². The van der Waals surface area contributed by atoms with Crippen molar-refractivity contribution in [2.75, 3.05) is 13.2 Å². The van der Waals surface area contributed by atoms with E-state index in [2.05, 4.69) is 9.97 Å². The number of rotatable bonds is 2. The number of alkyl halides is 1. The van der Waals surface area contributed by atoms with Gasteiger partial charge in [-0.2, -0.15) is 0 Å². The standard InChI is InChI=1S/C14H15ClN2O3/c15-12(9-2-1-5-20-7-9)8-3-4-10-11(6-8)17-14(19)13(18)16-10/h3-4,6,9,12H,1-2,5,7H2,(H,16,18)(H,17,19). The van der Waals surface area contributed by atoms with Gasteiger partial charge in [-0.15, -0.1) is 11.6 Å². The highest BCUT2D eigenvalue weighted by atomic mass is 35.5. The molecule has 1 aromatic carbocycles. The van der Waals surface area contributed by atoms with E-state index in [1.54, 1.807) is 6.07 Å². The Morgan fingerprint density at radius 1 is 1.20 bits per heavy atom. The Kier molecular flexibility index (Phi) is 3.63. The molecule has 5 nitrogen and oxygen atoms in total. The van der Waals surface area contributed by atoms with Crippen LogP contribution < -0.4 is 11.1 Å². The number of ether oxygens (including phenoxy) is 1. The lowest BCUT2D eigenvalue weighted by atomic mass is 9.93. The number of nitrogens with one attached hydrogen (secondary N) is 2. The molecular formula is C14H15ClN2O3. The van der Waals surface area contributed by atoms with Gasteiger partial charge in [0.25, 0.3) is 0 Å². The van der Waals surface area contributed by atoms with Crippen LogP contribution in [0.15, 0.2) is 27.8 Å². The molecule has 0 bridgehead atoms. The van der Waals surface area contributed by atoms with Gasteiger partial charge >= 0.3 is 11.1 Å². The molecule has 6 heteroatoms. The molecule has 2 unspecified atom stereocenters. The van der Waals surface area contributed by atoms with Gasteiger partial charge in [0, 0.05) is 12.5 Å². The molecule has 1 saturated heterocycles. The van der Waals surface area contributed by atoms with Crippen LogP contribution >= 0.6 is 11.6 Å². The SMILES string of the molecule is O=c1[nH]c2ccc(C(Cl)C3CCCOC3)cc2[nH]c1=O. The topological polar surface area (TPSA) is 75.0 Å². The van der Waals surface area contributed by atoms with Gasteiger partial charge in [-0.1, -0.05) is 6.07 Å². The monoisotopic (exact) mass is 294 g/mol. The second-order valence-electron chi connectivity index (χ2n) is 5.09. The van der Waals surface area contributed by atoms with Crippen LogP contribution in [0.4, 0.5) is 0 Å². The molecule has 0 saturated carbocycles. The summed E-state index contributed by atoms with van der Waals surface area (Å²) in [6, 6.07) is 5.46. The minimum absolute atomic E-state index is 0.157. The van der Waals surface area contributed by atoms with Crippen molar-refractivity contribution in [1.82, 2.24) is 9.97 Å². The highest BCUT2D eigenvalue weighted by Crippen LogP contribution is 2.34. The second kappa shape index (κ2) is 5.42. The van der Waals surface area contributed by atoms with Gasteiger partial charge in [-0.25, -0.2) is 0 Å². The van der Waals surface area contributed by atoms with Gasteiger partial charge in [-0.3, -0.25) is 9.59 Å². The number of aromatic nitrogens is 2. The summed E-state index contributed by atoms with van der Waals surface area (Å²) in [5.74, 6) is 0.275. The molecule has 0 radical (unpaired) electrons. The quantitative estimate of drug-likeness (QED) is 0.656. The molecule has 2 heterocycles. The molecule has 1 aromatic heterocycles. The molecule has 1 fully saturated rings. The van der Waals surface area contributed by atoms with Crippen LogP contribution in [-0.4, -0.2) is 23.2 Å². The summed E-state index contributed by atoms with van der Waals surface area (Å²) in [5.41, 5.74) is 0.823. The summed E-state index contributed by atoms with van der Waals surface area (Å²) >= 11 is 6.51. The molecule has 106 valence electrons. The first kappa shape index (κ1) is 13.4. The Morgan fingerprint density at radius 3 is 2.65 bits per heavy atom. The number of fused-ring (bicyclic) bond motifs is 1. The van der Waals surface area contributed by atoms with Crippen molar-refractivity contribution < 1.29 is 4.74 Å². The third-order valence-electron chi connectivity index (χ3n) is 3.67. The molecule has 2 atom stereocenters. The zero-order valence-electron chi connectivity index (χ0n) is 10.8. The van der Waals surface area contributed by atoms with E-state index >= 15 is 0 Å². The number of benzene rings is 1. The van der Waals surface area contributed by atoms with Gasteiger partial charge in [0.15, 0.2) is 0 Å². The predicted octanol–water partition coefficient (Wildman–Crippen LogP) is 1.92. The van der Waals surface area contributed by atoms with Crippen molar-refractivity contribution in [3.8, 4) is 0 Å². The van der Waals surface area contributed by atoms with E-state index in [1.165, 1.54) is 0 Å². The third-order valence-corrected chi connectivity index (χ3v) is 4.28. The molecule has 0 spiro atoms. The zero-order chi connectivity index (χ0) is 14.1. The Hall–Kier alpha value is -1.59. The summed E-state index contributed by atoms with van der Waals surface area (Å²) in [5, 5.41) is -0.157. The van der Waals surface area contributed by atoms with Crippen molar-refractivity contribution in [2.45, 2.75) is 18.2 Å². The highest BCUT2D eigenvalue weighted by molar-refractivity contribution is 6.21. The summed E-state index contributed by atoms with van der Waals surface area (Å²) in [4.78, 5) is 27.7. The van der Waals surface area contributed by atoms with Crippen molar-refractivity contribution >= 4 is 22.6 Å². The van der Waals surface area contributed by atoms with Crippen LogP contribution in [0.25, 0.3) is 11.0 Å². The van der Waals surface area contributed by atoms with E-state index in [1.807, 2.05) is 12.1 Å². The minimum Gasteiger partial charge on any atom is -0.381 e. The normalized spacial score (nSPS) is 20.9. The first-order valence-corrected chi connectivity index (χ1v) is 7.07. The van der Waals surface area contributed by atoms with Gasteiger partial charge in [0.2, 0.25) is 0 Å².